The third-order valence-corrected chi connectivity index (χ3v) is 3.18. The van der Waals surface area contributed by atoms with Crippen molar-refractivity contribution in [3.8, 4) is 0 Å². The SMILES string of the molecule is CCn1ncc(Cl)c1C(O)c1ccc(Br)cn1. The van der Waals surface area contributed by atoms with Crippen molar-refractivity contribution < 1.29 is 5.11 Å². The molecule has 0 radical (unpaired) electrons. The van der Waals surface area contributed by atoms with Gasteiger partial charge in [0.1, 0.15) is 6.10 Å². The summed E-state index contributed by atoms with van der Waals surface area (Å²) in [6.45, 7) is 2.59. The zero-order valence-corrected chi connectivity index (χ0v) is 11.5. The highest BCUT2D eigenvalue weighted by atomic mass is 79.9. The van der Waals surface area contributed by atoms with Crippen molar-refractivity contribution in [1.29, 1.82) is 0 Å². The molecule has 6 heteroatoms. The summed E-state index contributed by atoms with van der Waals surface area (Å²) in [7, 11) is 0. The second kappa shape index (κ2) is 5.16. The molecule has 17 heavy (non-hydrogen) atoms. The molecule has 4 nitrogen and oxygen atoms in total. The lowest BCUT2D eigenvalue weighted by Crippen LogP contribution is -2.10. The van der Waals surface area contributed by atoms with Gasteiger partial charge in [-0.3, -0.25) is 9.67 Å². The van der Waals surface area contributed by atoms with Crippen LogP contribution in [0, 0.1) is 0 Å². The standard InChI is InChI=1S/C11H11BrClN3O/c1-2-16-10(8(13)6-15-16)11(17)9-4-3-7(12)5-14-9/h3-6,11,17H,2H2,1H3. The molecule has 2 rings (SSSR count). The lowest BCUT2D eigenvalue weighted by Gasteiger charge is -2.12. The summed E-state index contributed by atoms with van der Waals surface area (Å²) in [5.41, 5.74) is 1.12. The minimum absolute atomic E-state index is 0.448. The van der Waals surface area contributed by atoms with Gasteiger partial charge in [0, 0.05) is 17.2 Å². The Balaban J connectivity index is 2.39. The van der Waals surface area contributed by atoms with Gasteiger partial charge in [-0.15, -0.1) is 0 Å². The molecule has 0 saturated carbocycles. The molecule has 2 heterocycles. The van der Waals surface area contributed by atoms with Crippen molar-refractivity contribution in [2.45, 2.75) is 19.6 Å². The van der Waals surface area contributed by atoms with Crippen LogP contribution < -0.4 is 0 Å². The number of rotatable bonds is 3. The molecule has 0 aliphatic heterocycles. The molecular formula is C11H11BrClN3O. The van der Waals surface area contributed by atoms with Gasteiger partial charge in [0.2, 0.25) is 0 Å². The van der Waals surface area contributed by atoms with Crippen LogP contribution >= 0.6 is 27.5 Å². The lowest BCUT2D eigenvalue weighted by molar-refractivity contribution is 0.203. The van der Waals surface area contributed by atoms with Gasteiger partial charge in [-0.1, -0.05) is 11.6 Å². The molecule has 0 aliphatic carbocycles. The number of hydrogen-bond donors (Lipinski definition) is 1. The van der Waals surface area contributed by atoms with E-state index in [0.717, 1.165) is 4.47 Å². The zero-order valence-electron chi connectivity index (χ0n) is 9.14. The number of hydrogen-bond acceptors (Lipinski definition) is 3. The predicted octanol–water partition coefficient (Wildman–Crippen LogP) is 2.80. The number of aliphatic hydroxyl groups excluding tert-OH is 1. The molecule has 90 valence electrons. The van der Waals surface area contributed by atoms with Crippen LogP contribution in [0.25, 0.3) is 0 Å². The number of aryl methyl sites for hydroxylation is 1. The summed E-state index contributed by atoms with van der Waals surface area (Å²) in [6.07, 6.45) is 2.31. The third-order valence-electron chi connectivity index (χ3n) is 2.42. The van der Waals surface area contributed by atoms with Crippen molar-refractivity contribution >= 4 is 27.5 Å². The van der Waals surface area contributed by atoms with Crippen molar-refractivity contribution in [2.75, 3.05) is 0 Å². The number of aromatic nitrogens is 3. The molecule has 0 bridgehead atoms. The Labute approximate surface area is 112 Å². The zero-order chi connectivity index (χ0) is 12.4. The Kier molecular flexibility index (Phi) is 3.81. The number of aliphatic hydroxyl groups is 1. The first-order chi connectivity index (χ1) is 8.13. The molecule has 0 aromatic carbocycles. The van der Waals surface area contributed by atoms with Crippen LogP contribution in [0.5, 0.6) is 0 Å². The highest BCUT2D eigenvalue weighted by Gasteiger charge is 2.20. The van der Waals surface area contributed by atoms with Crippen LogP contribution in [0.15, 0.2) is 29.0 Å². The Morgan fingerprint density at radius 3 is 2.82 bits per heavy atom. The number of halogens is 2. The molecule has 0 fully saturated rings. The van der Waals surface area contributed by atoms with Crippen molar-refractivity contribution in [1.82, 2.24) is 14.8 Å². The quantitative estimate of drug-likeness (QED) is 0.947. The van der Waals surface area contributed by atoms with Gasteiger partial charge in [-0.05, 0) is 35.0 Å². The van der Waals surface area contributed by atoms with E-state index in [1.807, 2.05) is 13.0 Å². The van der Waals surface area contributed by atoms with E-state index >= 15 is 0 Å². The van der Waals surface area contributed by atoms with E-state index in [1.165, 1.54) is 6.20 Å². The first-order valence-electron chi connectivity index (χ1n) is 5.14. The minimum atomic E-state index is -0.863. The summed E-state index contributed by atoms with van der Waals surface area (Å²) < 4.78 is 2.53. The van der Waals surface area contributed by atoms with Gasteiger partial charge in [-0.2, -0.15) is 5.10 Å². The number of pyridine rings is 1. The normalized spacial score (nSPS) is 12.7. The maximum absolute atomic E-state index is 10.2. The van der Waals surface area contributed by atoms with Crippen molar-refractivity contribution in [3.05, 3.63) is 45.4 Å². The summed E-state index contributed by atoms with van der Waals surface area (Å²) in [5.74, 6) is 0. The van der Waals surface area contributed by atoms with E-state index in [-0.39, 0.29) is 0 Å². The van der Waals surface area contributed by atoms with Gasteiger partial charge in [0.15, 0.2) is 0 Å². The van der Waals surface area contributed by atoms with Crippen molar-refractivity contribution in [3.63, 3.8) is 0 Å². The van der Waals surface area contributed by atoms with Crippen LogP contribution in [0.1, 0.15) is 24.4 Å². The average Bonchev–Trinajstić information content (AvgIpc) is 2.70. The van der Waals surface area contributed by atoms with Crippen molar-refractivity contribution in [2.24, 2.45) is 0 Å². The van der Waals surface area contributed by atoms with E-state index < -0.39 is 6.10 Å². The predicted molar refractivity (Wildman–Crippen MR) is 68.9 cm³/mol. The largest absolute Gasteiger partial charge is 0.380 e. The topological polar surface area (TPSA) is 50.9 Å². The van der Waals surface area contributed by atoms with E-state index in [2.05, 4.69) is 26.0 Å². The van der Waals surface area contributed by atoms with Crippen LogP contribution in [0.2, 0.25) is 5.02 Å². The first kappa shape index (κ1) is 12.5. The maximum Gasteiger partial charge on any atom is 0.139 e. The highest BCUT2D eigenvalue weighted by molar-refractivity contribution is 9.10. The molecule has 0 spiro atoms. The van der Waals surface area contributed by atoms with E-state index in [4.69, 9.17) is 11.6 Å². The van der Waals surface area contributed by atoms with Crippen LogP contribution in [0.3, 0.4) is 0 Å². The minimum Gasteiger partial charge on any atom is -0.380 e. The van der Waals surface area contributed by atoms with Gasteiger partial charge >= 0.3 is 0 Å². The fraction of sp³-hybridized carbons (Fsp3) is 0.273. The molecule has 0 amide bonds. The van der Waals surface area contributed by atoms with E-state index in [0.29, 0.717) is 23.0 Å². The van der Waals surface area contributed by atoms with Crippen LogP contribution in [-0.4, -0.2) is 19.9 Å². The Morgan fingerprint density at radius 1 is 1.47 bits per heavy atom. The molecule has 0 saturated heterocycles. The summed E-state index contributed by atoms with van der Waals surface area (Å²) >= 11 is 9.32. The van der Waals surface area contributed by atoms with Gasteiger partial charge in [0.05, 0.1) is 22.6 Å². The third kappa shape index (κ3) is 2.51. The Morgan fingerprint density at radius 2 is 2.24 bits per heavy atom. The molecule has 1 N–H and O–H groups in total. The molecule has 1 atom stereocenters. The molecule has 2 aromatic rings. The van der Waals surface area contributed by atoms with E-state index in [1.54, 1.807) is 16.9 Å². The molecular weight excluding hydrogens is 305 g/mol. The second-order valence-corrected chi connectivity index (χ2v) is 4.82. The molecule has 2 aromatic heterocycles. The average molecular weight is 317 g/mol. The van der Waals surface area contributed by atoms with Gasteiger partial charge < -0.3 is 5.11 Å². The maximum atomic E-state index is 10.2. The molecule has 1 unspecified atom stereocenters. The molecule has 0 aliphatic rings. The Hall–Kier alpha value is -0.910. The Bertz CT molecular complexity index is 512. The second-order valence-electron chi connectivity index (χ2n) is 3.50. The first-order valence-corrected chi connectivity index (χ1v) is 6.31. The fourth-order valence-corrected chi connectivity index (χ4v) is 2.06. The van der Waals surface area contributed by atoms with Crippen LogP contribution in [-0.2, 0) is 6.54 Å². The summed E-state index contributed by atoms with van der Waals surface area (Å²) in [5, 5.41) is 14.8. The van der Waals surface area contributed by atoms with E-state index in [9.17, 15) is 5.11 Å². The number of nitrogens with zero attached hydrogens (tertiary/aromatic N) is 3. The summed E-state index contributed by atoms with van der Waals surface area (Å²) in [4.78, 5) is 4.15. The summed E-state index contributed by atoms with van der Waals surface area (Å²) in [6, 6.07) is 3.57. The van der Waals surface area contributed by atoms with Gasteiger partial charge in [0.25, 0.3) is 0 Å². The highest BCUT2D eigenvalue weighted by Crippen LogP contribution is 2.27. The van der Waals surface area contributed by atoms with Crippen LogP contribution in [0.4, 0.5) is 0 Å². The monoisotopic (exact) mass is 315 g/mol. The van der Waals surface area contributed by atoms with Gasteiger partial charge in [-0.25, -0.2) is 0 Å². The smallest absolute Gasteiger partial charge is 0.139 e. The lowest BCUT2D eigenvalue weighted by atomic mass is 10.1. The fourth-order valence-electron chi connectivity index (χ4n) is 1.58.